The first kappa shape index (κ1) is 12.3. The molecule has 0 amide bonds. The predicted octanol–water partition coefficient (Wildman–Crippen LogP) is 1.47. The minimum absolute atomic E-state index is 0.664. The number of nitrogens with two attached hydrogens (primary N) is 1. The summed E-state index contributed by atoms with van der Waals surface area (Å²) in [6, 6.07) is 0.664. The molecule has 0 bridgehead atoms. The number of ether oxygens (including phenoxy) is 1. The van der Waals surface area contributed by atoms with Gasteiger partial charge >= 0.3 is 0 Å². The molecule has 1 unspecified atom stereocenters. The molecule has 16 heavy (non-hydrogen) atoms. The van der Waals surface area contributed by atoms with Crippen molar-refractivity contribution in [1.29, 1.82) is 0 Å². The monoisotopic (exact) mass is 226 g/mol. The summed E-state index contributed by atoms with van der Waals surface area (Å²) in [5.74, 6) is 1.67. The van der Waals surface area contributed by atoms with Crippen molar-refractivity contribution in [2.24, 2.45) is 17.6 Å². The molecule has 2 N–H and O–H groups in total. The van der Waals surface area contributed by atoms with E-state index < -0.39 is 0 Å². The van der Waals surface area contributed by atoms with Crippen LogP contribution >= 0.6 is 0 Å². The first-order valence-electron chi connectivity index (χ1n) is 6.78. The Hall–Kier alpha value is -0.120. The standard InChI is InChI=1S/C13H26N2O/c1-16-10-11-5-7-15(8-6-11)13(9-14)12-3-2-4-12/h11-13H,2-10,14H2,1H3. The molecule has 1 atom stereocenters. The normalized spacial score (nSPS) is 26.6. The SMILES string of the molecule is COCC1CCN(C(CN)C2CCC2)CC1. The first-order valence-corrected chi connectivity index (χ1v) is 6.78. The minimum atomic E-state index is 0.664. The third-order valence-electron chi connectivity index (χ3n) is 4.46. The molecule has 2 fully saturated rings. The molecular formula is C13H26N2O. The molecule has 94 valence electrons. The van der Waals surface area contributed by atoms with Gasteiger partial charge in [0.05, 0.1) is 0 Å². The van der Waals surface area contributed by atoms with E-state index >= 15 is 0 Å². The highest BCUT2D eigenvalue weighted by Crippen LogP contribution is 2.33. The summed E-state index contributed by atoms with van der Waals surface area (Å²) >= 11 is 0. The van der Waals surface area contributed by atoms with Crippen molar-refractivity contribution < 1.29 is 4.74 Å². The lowest BCUT2D eigenvalue weighted by Crippen LogP contribution is -2.50. The molecule has 0 radical (unpaired) electrons. The Labute approximate surface area is 99.3 Å². The van der Waals surface area contributed by atoms with E-state index in [0.29, 0.717) is 6.04 Å². The average molecular weight is 226 g/mol. The summed E-state index contributed by atoms with van der Waals surface area (Å²) in [6.07, 6.45) is 6.80. The molecular weight excluding hydrogens is 200 g/mol. The summed E-state index contributed by atoms with van der Waals surface area (Å²) in [6.45, 7) is 4.24. The van der Waals surface area contributed by atoms with Crippen molar-refractivity contribution in [3.05, 3.63) is 0 Å². The second kappa shape index (κ2) is 5.99. The molecule has 3 nitrogen and oxygen atoms in total. The van der Waals surface area contributed by atoms with Crippen LogP contribution in [0.1, 0.15) is 32.1 Å². The van der Waals surface area contributed by atoms with E-state index in [2.05, 4.69) is 4.90 Å². The van der Waals surface area contributed by atoms with E-state index in [1.54, 1.807) is 0 Å². The number of hydrogen-bond donors (Lipinski definition) is 1. The molecule has 2 rings (SSSR count). The lowest BCUT2D eigenvalue weighted by atomic mass is 9.78. The van der Waals surface area contributed by atoms with E-state index in [9.17, 15) is 0 Å². The fourth-order valence-corrected chi connectivity index (χ4v) is 3.15. The molecule has 0 aromatic carbocycles. The molecule has 3 heteroatoms. The van der Waals surface area contributed by atoms with Gasteiger partial charge in [0.15, 0.2) is 0 Å². The quantitative estimate of drug-likeness (QED) is 0.771. The van der Waals surface area contributed by atoms with Crippen molar-refractivity contribution in [2.45, 2.75) is 38.1 Å². The number of piperidine rings is 1. The van der Waals surface area contributed by atoms with Crippen LogP contribution < -0.4 is 5.73 Å². The first-order chi connectivity index (χ1) is 7.85. The highest BCUT2D eigenvalue weighted by atomic mass is 16.5. The molecule has 1 aliphatic heterocycles. The van der Waals surface area contributed by atoms with E-state index in [0.717, 1.165) is 25.0 Å². The van der Waals surface area contributed by atoms with Crippen LogP contribution in [0.5, 0.6) is 0 Å². The van der Waals surface area contributed by atoms with Gasteiger partial charge in [0.2, 0.25) is 0 Å². The minimum Gasteiger partial charge on any atom is -0.384 e. The molecule has 0 spiro atoms. The summed E-state index contributed by atoms with van der Waals surface area (Å²) < 4.78 is 5.24. The molecule has 0 aromatic heterocycles. The Balaban J connectivity index is 1.77. The fraction of sp³-hybridized carbons (Fsp3) is 1.00. The lowest BCUT2D eigenvalue weighted by molar-refractivity contribution is 0.0462. The van der Waals surface area contributed by atoms with Crippen molar-refractivity contribution in [3.8, 4) is 0 Å². The van der Waals surface area contributed by atoms with Crippen LogP contribution in [-0.2, 0) is 4.74 Å². The lowest BCUT2D eigenvalue weighted by Gasteiger charge is -2.43. The average Bonchev–Trinajstić information content (AvgIpc) is 2.25. The molecule has 1 aliphatic carbocycles. The zero-order valence-electron chi connectivity index (χ0n) is 10.5. The maximum atomic E-state index is 5.94. The van der Waals surface area contributed by atoms with Gasteiger partial charge in [-0.25, -0.2) is 0 Å². The van der Waals surface area contributed by atoms with E-state index in [-0.39, 0.29) is 0 Å². The largest absolute Gasteiger partial charge is 0.384 e. The Morgan fingerprint density at radius 1 is 1.25 bits per heavy atom. The number of hydrogen-bond acceptors (Lipinski definition) is 3. The van der Waals surface area contributed by atoms with Gasteiger partial charge in [0, 0.05) is 26.3 Å². The van der Waals surface area contributed by atoms with Gasteiger partial charge in [-0.3, -0.25) is 4.90 Å². The Kier molecular flexibility index (Phi) is 4.62. The van der Waals surface area contributed by atoms with E-state index in [1.807, 2.05) is 7.11 Å². The third kappa shape index (κ3) is 2.76. The van der Waals surface area contributed by atoms with Gasteiger partial charge in [-0.1, -0.05) is 6.42 Å². The van der Waals surface area contributed by atoms with Crippen LogP contribution in [0.4, 0.5) is 0 Å². The van der Waals surface area contributed by atoms with Crippen LogP contribution in [0, 0.1) is 11.8 Å². The summed E-state index contributed by atoms with van der Waals surface area (Å²) in [5.41, 5.74) is 5.94. The second-order valence-corrected chi connectivity index (χ2v) is 5.43. The second-order valence-electron chi connectivity index (χ2n) is 5.43. The van der Waals surface area contributed by atoms with Crippen LogP contribution in [0.3, 0.4) is 0 Å². The van der Waals surface area contributed by atoms with E-state index in [4.69, 9.17) is 10.5 Å². The fourth-order valence-electron chi connectivity index (χ4n) is 3.15. The zero-order valence-corrected chi connectivity index (χ0v) is 10.5. The predicted molar refractivity (Wildman–Crippen MR) is 66.4 cm³/mol. The van der Waals surface area contributed by atoms with Crippen LogP contribution in [0.2, 0.25) is 0 Å². The van der Waals surface area contributed by atoms with Gasteiger partial charge in [-0.05, 0) is 50.6 Å². The number of nitrogens with zero attached hydrogens (tertiary/aromatic N) is 1. The third-order valence-corrected chi connectivity index (χ3v) is 4.46. The summed E-state index contributed by atoms with van der Waals surface area (Å²) in [4.78, 5) is 2.63. The van der Waals surface area contributed by atoms with Crippen LogP contribution in [-0.4, -0.2) is 44.3 Å². The molecule has 1 heterocycles. The zero-order chi connectivity index (χ0) is 11.4. The topological polar surface area (TPSA) is 38.5 Å². The molecule has 1 saturated heterocycles. The van der Waals surface area contributed by atoms with Crippen molar-refractivity contribution in [1.82, 2.24) is 4.90 Å². The highest BCUT2D eigenvalue weighted by molar-refractivity contribution is 4.87. The molecule has 1 saturated carbocycles. The van der Waals surface area contributed by atoms with Gasteiger partial charge in [0.25, 0.3) is 0 Å². The Morgan fingerprint density at radius 2 is 1.94 bits per heavy atom. The number of likely N-dealkylation sites (tertiary alicyclic amines) is 1. The van der Waals surface area contributed by atoms with Gasteiger partial charge < -0.3 is 10.5 Å². The maximum absolute atomic E-state index is 5.94. The molecule has 2 aliphatic rings. The van der Waals surface area contributed by atoms with Crippen LogP contribution in [0.25, 0.3) is 0 Å². The summed E-state index contributed by atoms with van der Waals surface area (Å²) in [5, 5.41) is 0. The van der Waals surface area contributed by atoms with Crippen molar-refractivity contribution in [3.63, 3.8) is 0 Å². The van der Waals surface area contributed by atoms with Crippen molar-refractivity contribution in [2.75, 3.05) is 33.4 Å². The summed E-state index contributed by atoms with van der Waals surface area (Å²) in [7, 11) is 1.81. The van der Waals surface area contributed by atoms with Gasteiger partial charge in [0.1, 0.15) is 0 Å². The highest BCUT2D eigenvalue weighted by Gasteiger charge is 2.32. The van der Waals surface area contributed by atoms with E-state index in [1.165, 1.54) is 45.2 Å². The number of rotatable bonds is 5. The molecule has 0 aromatic rings. The Bertz CT molecular complexity index is 198. The smallest absolute Gasteiger partial charge is 0.0491 e. The maximum Gasteiger partial charge on any atom is 0.0491 e. The van der Waals surface area contributed by atoms with Gasteiger partial charge in [-0.15, -0.1) is 0 Å². The van der Waals surface area contributed by atoms with Gasteiger partial charge in [-0.2, -0.15) is 0 Å². The van der Waals surface area contributed by atoms with Crippen molar-refractivity contribution >= 4 is 0 Å². The van der Waals surface area contributed by atoms with Crippen LogP contribution in [0.15, 0.2) is 0 Å². The Morgan fingerprint density at radius 3 is 2.38 bits per heavy atom. The number of methoxy groups -OCH3 is 1.